The molecule has 0 saturated heterocycles. The number of rotatable bonds is 7. The first kappa shape index (κ1) is 15.6. The van der Waals surface area contributed by atoms with Crippen molar-refractivity contribution in [3.63, 3.8) is 0 Å². The molecule has 2 atom stereocenters. The second-order valence-corrected chi connectivity index (χ2v) is 3.83. The van der Waals surface area contributed by atoms with Crippen LogP contribution in [0.4, 0.5) is 0 Å². The van der Waals surface area contributed by atoms with Crippen LogP contribution in [0, 0.1) is 11.8 Å². The highest BCUT2D eigenvalue weighted by Gasteiger charge is 2.32. The lowest BCUT2D eigenvalue weighted by atomic mass is 9.88. The van der Waals surface area contributed by atoms with Gasteiger partial charge in [-0.05, 0) is 26.7 Å². The Kier molecular flexibility index (Phi) is 7.18. The fraction of sp³-hybridized carbons (Fsp3) is 0.750. The van der Waals surface area contributed by atoms with Gasteiger partial charge in [0.05, 0.1) is 13.2 Å². The predicted molar refractivity (Wildman–Crippen MR) is 61.2 cm³/mol. The smallest absolute Gasteiger partial charge is 0.316 e. The van der Waals surface area contributed by atoms with Gasteiger partial charge in [0.2, 0.25) is 0 Å². The molecule has 0 heterocycles. The summed E-state index contributed by atoms with van der Waals surface area (Å²) in [7, 11) is 0. The molecule has 0 aliphatic carbocycles. The van der Waals surface area contributed by atoms with Crippen LogP contribution >= 0.6 is 0 Å². The van der Waals surface area contributed by atoms with Crippen LogP contribution in [0.2, 0.25) is 0 Å². The van der Waals surface area contributed by atoms with Gasteiger partial charge in [0.15, 0.2) is 0 Å². The molecule has 0 aromatic rings. The number of hydrogen-bond donors (Lipinski definition) is 0. The monoisotopic (exact) mass is 244 g/mol. The largest absolute Gasteiger partial charge is 0.466 e. The Bertz CT molecular complexity index is 285. The van der Waals surface area contributed by atoms with Crippen molar-refractivity contribution in [3.8, 4) is 0 Å². The Morgan fingerprint density at radius 1 is 1.06 bits per heavy atom. The van der Waals surface area contributed by atoms with E-state index in [-0.39, 0.29) is 25.4 Å². The molecule has 0 spiro atoms. The topological polar surface area (TPSA) is 69.7 Å². The fourth-order valence-corrected chi connectivity index (χ4v) is 1.63. The second-order valence-electron chi connectivity index (χ2n) is 3.83. The lowest BCUT2D eigenvalue weighted by Gasteiger charge is -2.18. The van der Waals surface area contributed by atoms with Gasteiger partial charge in [0, 0.05) is 6.42 Å². The highest BCUT2D eigenvalue weighted by Crippen LogP contribution is 2.19. The van der Waals surface area contributed by atoms with E-state index in [1.165, 1.54) is 6.92 Å². The van der Waals surface area contributed by atoms with Crippen molar-refractivity contribution in [3.05, 3.63) is 0 Å². The SMILES string of the molecule is CCOC(=O)CC(C)C(C(C)=O)C(=O)OCC. The molecule has 0 saturated carbocycles. The summed E-state index contributed by atoms with van der Waals surface area (Å²) in [6, 6.07) is 0. The lowest BCUT2D eigenvalue weighted by molar-refractivity contribution is -0.154. The van der Waals surface area contributed by atoms with E-state index in [2.05, 4.69) is 0 Å². The van der Waals surface area contributed by atoms with Gasteiger partial charge >= 0.3 is 11.9 Å². The zero-order valence-corrected chi connectivity index (χ0v) is 10.8. The molecule has 0 aromatic heterocycles. The van der Waals surface area contributed by atoms with Gasteiger partial charge < -0.3 is 9.47 Å². The summed E-state index contributed by atoms with van der Waals surface area (Å²) in [5.41, 5.74) is 0. The quantitative estimate of drug-likeness (QED) is 0.499. The zero-order chi connectivity index (χ0) is 13.4. The van der Waals surface area contributed by atoms with Crippen molar-refractivity contribution in [2.24, 2.45) is 11.8 Å². The standard InChI is InChI=1S/C12H20O5/c1-5-16-10(14)7-8(3)11(9(4)13)12(15)17-6-2/h8,11H,5-7H2,1-4H3. The molecule has 0 aromatic carbocycles. The molecule has 0 amide bonds. The molecule has 0 rings (SSSR count). The van der Waals surface area contributed by atoms with Gasteiger partial charge in [-0.3, -0.25) is 14.4 Å². The molecular formula is C12H20O5. The third kappa shape index (κ3) is 5.47. The normalized spacial score (nSPS) is 13.6. The van der Waals surface area contributed by atoms with Crippen LogP contribution < -0.4 is 0 Å². The van der Waals surface area contributed by atoms with Gasteiger partial charge in [0.25, 0.3) is 0 Å². The molecule has 98 valence electrons. The predicted octanol–water partition coefficient (Wildman–Crippen LogP) is 1.34. The van der Waals surface area contributed by atoms with Gasteiger partial charge in [-0.1, -0.05) is 6.92 Å². The van der Waals surface area contributed by atoms with Gasteiger partial charge in [-0.2, -0.15) is 0 Å². The van der Waals surface area contributed by atoms with Crippen molar-refractivity contribution in [1.29, 1.82) is 0 Å². The van der Waals surface area contributed by atoms with E-state index in [9.17, 15) is 14.4 Å². The van der Waals surface area contributed by atoms with Crippen molar-refractivity contribution >= 4 is 17.7 Å². The van der Waals surface area contributed by atoms with Crippen molar-refractivity contribution in [2.75, 3.05) is 13.2 Å². The Morgan fingerprint density at radius 3 is 2.00 bits per heavy atom. The van der Waals surface area contributed by atoms with E-state index in [1.807, 2.05) is 0 Å². The molecule has 0 aliphatic rings. The summed E-state index contributed by atoms with van der Waals surface area (Å²) in [6.07, 6.45) is 0.0386. The minimum atomic E-state index is -0.889. The minimum Gasteiger partial charge on any atom is -0.466 e. The molecular weight excluding hydrogens is 224 g/mol. The van der Waals surface area contributed by atoms with E-state index in [0.717, 1.165) is 0 Å². The summed E-state index contributed by atoms with van der Waals surface area (Å²) in [5.74, 6) is -2.57. The summed E-state index contributed by atoms with van der Waals surface area (Å²) in [6.45, 7) is 6.87. The first-order valence-electron chi connectivity index (χ1n) is 5.76. The Hall–Kier alpha value is -1.39. The van der Waals surface area contributed by atoms with Crippen LogP contribution in [-0.4, -0.2) is 30.9 Å². The number of esters is 2. The number of Topliss-reactive ketones (excluding diaryl/α,β-unsaturated/α-hetero) is 1. The van der Waals surface area contributed by atoms with Crippen molar-refractivity contribution < 1.29 is 23.9 Å². The third-order valence-corrected chi connectivity index (χ3v) is 2.34. The Balaban J connectivity index is 4.55. The number of ketones is 1. The summed E-state index contributed by atoms with van der Waals surface area (Å²) < 4.78 is 9.60. The Labute approximate surface area is 101 Å². The first-order valence-corrected chi connectivity index (χ1v) is 5.76. The summed E-state index contributed by atoms with van der Waals surface area (Å²) in [4.78, 5) is 34.2. The summed E-state index contributed by atoms with van der Waals surface area (Å²) >= 11 is 0. The fourth-order valence-electron chi connectivity index (χ4n) is 1.63. The molecule has 0 bridgehead atoms. The van der Waals surface area contributed by atoms with E-state index >= 15 is 0 Å². The van der Waals surface area contributed by atoms with E-state index in [1.54, 1.807) is 20.8 Å². The second kappa shape index (κ2) is 7.81. The average Bonchev–Trinajstić information content (AvgIpc) is 2.17. The van der Waals surface area contributed by atoms with Crippen LogP contribution in [0.5, 0.6) is 0 Å². The summed E-state index contributed by atoms with van der Waals surface area (Å²) in [5, 5.41) is 0. The zero-order valence-electron chi connectivity index (χ0n) is 10.8. The first-order chi connectivity index (χ1) is 7.93. The van der Waals surface area contributed by atoms with Crippen LogP contribution in [-0.2, 0) is 23.9 Å². The van der Waals surface area contributed by atoms with E-state index < -0.39 is 23.8 Å². The van der Waals surface area contributed by atoms with Crippen LogP contribution in [0.1, 0.15) is 34.1 Å². The minimum absolute atomic E-state index is 0.0386. The van der Waals surface area contributed by atoms with Crippen LogP contribution in [0.25, 0.3) is 0 Å². The van der Waals surface area contributed by atoms with E-state index in [0.29, 0.717) is 0 Å². The molecule has 5 heteroatoms. The molecule has 2 unspecified atom stereocenters. The number of ether oxygens (including phenoxy) is 2. The Morgan fingerprint density at radius 2 is 1.59 bits per heavy atom. The van der Waals surface area contributed by atoms with E-state index in [4.69, 9.17) is 9.47 Å². The van der Waals surface area contributed by atoms with Gasteiger partial charge in [0.1, 0.15) is 11.7 Å². The highest BCUT2D eigenvalue weighted by molar-refractivity contribution is 5.98. The third-order valence-electron chi connectivity index (χ3n) is 2.34. The van der Waals surface area contributed by atoms with Crippen LogP contribution in [0.3, 0.4) is 0 Å². The molecule has 5 nitrogen and oxygen atoms in total. The average molecular weight is 244 g/mol. The maximum absolute atomic E-state index is 11.6. The molecule has 0 N–H and O–H groups in total. The van der Waals surface area contributed by atoms with Gasteiger partial charge in [-0.25, -0.2) is 0 Å². The maximum atomic E-state index is 11.6. The lowest BCUT2D eigenvalue weighted by Crippen LogP contribution is -2.31. The molecule has 17 heavy (non-hydrogen) atoms. The molecule has 0 aliphatic heterocycles. The van der Waals surface area contributed by atoms with Crippen molar-refractivity contribution in [1.82, 2.24) is 0 Å². The number of carbonyl (C=O) groups excluding carboxylic acids is 3. The van der Waals surface area contributed by atoms with Crippen molar-refractivity contribution in [2.45, 2.75) is 34.1 Å². The molecule has 0 radical (unpaired) electrons. The highest BCUT2D eigenvalue weighted by atomic mass is 16.5. The number of hydrogen-bond acceptors (Lipinski definition) is 5. The van der Waals surface area contributed by atoms with Gasteiger partial charge in [-0.15, -0.1) is 0 Å². The molecule has 0 fully saturated rings. The van der Waals surface area contributed by atoms with Crippen LogP contribution in [0.15, 0.2) is 0 Å². The number of carbonyl (C=O) groups is 3. The maximum Gasteiger partial charge on any atom is 0.316 e.